The van der Waals surface area contributed by atoms with Crippen LogP contribution in [0.4, 0.5) is 0 Å². The third-order valence-electron chi connectivity index (χ3n) is 3.47. The van der Waals surface area contributed by atoms with Gasteiger partial charge in [0.1, 0.15) is 5.75 Å². The lowest BCUT2D eigenvalue weighted by Gasteiger charge is -2.10. The summed E-state index contributed by atoms with van der Waals surface area (Å²) in [5, 5.41) is 2.97. The molecule has 1 aromatic carbocycles. The molecule has 0 spiro atoms. The van der Waals surface area contributed by atoms with Gasteiger partial charge in [-0.05, 0) is 49.4 Å². The van der Waals surface area contributed by atoms with Gasteiger partial charge in [-0.3, -0.25) is 4.79 Å². The molecule has 1 N–H and O–H groups in total. The fourth-order valence-corrected chi connectivity index (χ4v) is 2.64. The second-order valence-electron chi connectivity index (χ2n) is 5.29. The number of carbonyl (C=O) groups is 1. The van der Waals surface area contributed by atoms with Gasteiger partial charge < -0.3 is 10.1 Å². The van der Waals surface area contributed by atoms with Crippen LogP contribution in [0.15, 0.2) is 24.3 Å². The SMILES string of the molecule is CCCCOc1ccc(C(=O)NCC(Br)C2CC2)cc1. The number of hydrogen-bond acceptors (Lipinski definition) is 2. The number of ether oxygens (including phenoxy) is 1. The highest BCUT2D eigenvalue weighted by Gasteiger charge is 2.29. The number of rotatable bonds is 8. The van der Waals surface area contributed by atoms with Crippen LogP contribution >= 0.6 is 15.9 Å². The number of benzene rings is 1. The van der Waals surface area contributed by atoms with Crippen molar-refractivity contribution in [2.45, 2.75) is 37.4 Å². The van der Waals surface area contributed by atoms with Gasteiger partial charge in [-0.25, -0.2) is 0 Å². The van der Waals surface area contributed by atoms with Gasteiger partial charge in [-0.15, -0.1) is 0 Å². The molecule has 1 amide bonds. The van der Waals surface area contributed by atoms with E-state index in [0.717, 1.165) is 31.1 Å². The molecule has 1 aromatic rings. The first-order valence-electron chi connectivity index (χ1n) is 7.36. The summed E-state index contributed by atoms with van der Waals surface area (Å²) in [7, 11) is 0. The zero-order valence-corrected chi connectivity index (χ0v) is 13.5. The van der Waals surface area contributed by atoms with E-state index in [1.54, 1.807) is 0 Å². The van der Waals surface area contributed by atoms with Gasteiger partial charge >= 0.3 is 0 Å². The molecule has 0 bridgehead atoms. The van der Waals surface area contributed by atoms with Gasteiger partial charge in [0, 0.05) is 16.9 Å². The Morgan fingerprint density at radius 2 is 2.10 bits per heavy atom. The van der Waals surface area contributed by atoms with Gasteiger partial charge in [0.15, 0.2) is 0 Å². The molecule has 110 valence electrons. The predicted molar refractivity (Wildman–Crippen MR) is 84.6 cm³/mol. The van der Waals surface area contributed by atoms with Crippen molar-refractivity contribution in [2.75, 3.05) is 13.2 Å². The Morgan fingerprint density at radius 3 is 2.70 bits per heavy atom. The number of nitrogens with one attached hydrogen (secondary N) is 1. The van der Waals surface area contributed by atoms with Crippen molar-refractivity contribution in [2.24, 2.45) is 5.92 Å². The predicted octanol–water partition coefficient (Wildman–Crippen LogP) is 3.77. The van der Waals surface area contributed by atoms with Gasteiger partial charge in [0.2, 0.25) is 0 Å². The Kier molecular flexibility index (Phi) is 5.89. The minimum Gasteiger partial charge on any atom is -0.494 e. The third kappa shape index (κ3) is 4.82. The highest BCUT2D eigenvalue weighted by atomic mass is 79.9. The third-order valence-corrected chi connectivity index (χ3v) is 4.55. The summed E-state index contributed by atoms with van der Waals surface area (Å²) in [5.74, 6) is 1.55. The summed E-state index contributed by atoms with van der Waals surface area (Å²) in [5.41, 5.74) is 0.684. The second-order valence-corrected chi connectivity index (χ2v) is 6.47. The fraction of sp³-hybridized carbons (Fsp3) is 0.562. The largest absolute Gasteiger partial charge is 0.494 e. The van der Waals surface area contributed by atoms with Gasteiger partial charge in [0.25, 0.3) is 5.91 Å². The Hall–Kier alpha value is -1.03. The van der Waals surface area contributed by atoms with Gasteiger partial charge in [-0.1, -0.05) is 29.3 Å². The standard InChI is InChI=1S/C16H22BrNO2/c1-2-3-10-20-14-8-6-13(7-9-14)16(19)18-11-15(17)12-4-5-12/h6-9,12,15H,2-5,10-11H2,1H3,(H,18,19). The van der Waals surface area contributed by atoms with E-state index < -0.39 is 0 Å². The summed E-state index contributed by atoms with van der Waals surface area (Å²) in [6, 6.07) is 7.35. The van der Waals surface area contributed by atoms with E-state index in [0.29, 0.717) is 16.9 Å². The van der Waals surface area contributed by atoms with Crippen LogP contribution in [0.2, 0.25) is 0 Å². The molecule has 20 heavy (non-hydrogen) atoms. The summed E-state index contributed by atoms with van der Waals surface area (Å²) in [6.45, 7) is 3.56. The maximum atomic E-state index is 12.0. The molecule has 3 nitrogen and oxygen atoms in total. The van der Waals surface area contributed by atoms with E-state index in [1.807, 2.05) is 24.3 Å². The number of hydrogen-bond donors (Lipinski definition) is 1. The number of unbranched alkanes of at least 4 members (excludes halogenated alkanes) is 1. The summed E-state index contributed by atoms with van der Waals surface area (Å²) >= 11 is 3.62. The van der Waals surface area contributed by atoms with Crippen LogP contribution in [-0.2, 0) is 0 Å². The first-order chi connectivity index (χ1) is 9.70. The normalized spacial score (nSPS) is 15.7. The second kappa shape index (κ2) is 7.67. The number of alkyl halides is 1. The average molecular weight is 340 g/mol. The number of carbonyl (C=O) groups excluding carboxylic acids is 1. The van der Waals surface area contributed by atoms with E-state index in [2.05, 4.69) is 28.2 Å². The fourth-order valence-electron chi connectivity index (χ4n) is 1.95. The van der Waals surface area contributed by atoms with Gasteiger partial charge in [0.05, 0.1) is 6.61 Å². The Bertz CT molecular complexity index is 429. The molecule has 0 aliphatic heterocycles. The molecule has 1 unspecified atom stereocenters. The average Bonchev–Trinajstić information content (AvgIpc) is 3.30. The van der Waals surface area contributed by atoms with Crippen molar-refractivity contribution in [3.8, 4) is 5.75 Å². The van der Waals surface area contributed by atoms with E-state index in [1.165, 1.54) is 12.8 Å². The molecule has 1 aliphatic carbocycles. The van der Waals surface area contributed by atoms with Crippen molar-refractivity contribution >= 4 is 21.8 Å². The van der Waals surface area contributed by atoms with Crippen molar-refractivity contribution < 1.29 is 9.53 Å². The molecule has 0 heterocycles. The summed E-state index contributed by atoms with van der Waals surface area (Å²) in [4.78, 5) is 12.4. The monoisotopic (exact) mass is 339 g/mol. The quantitative estimate of drug-likeness (QED) is 0.578. The molecule has 1 saturated carbocycles. The zero-order chi connectivity index (χ0) is 14.4. The highest BCUT2D eigenvalue weighted by Crippen LogP contribution is 2.36. The summed E-state index contributed by atoms with van der Waals surface area (Å²) < 4.78 is 5.58. The molecular weight excluding hydrogens is 318 g/mol. The molecule has 1 atom stereocenters. The van der Waals surface area contributed by atoms with Crippen LogP contribution in [0.5, 0.6) is 5.75 Å². The first kappa shape index (κ1) is 15.4. The Morgan fingerprint density at radius 1 is 1.40 bits per heavy atom. The topological polar surface area (TPSA) is 38.3 Å². The first-order valence-corrected chi connectivity index (χ1v) is 8.27. The molecule has 1 fully saturated rings. The maximum absolute atomic E-state index is 12.0. The zero-order valence-electron chi connectivity index (χ0n) is 11.9. The molecule has 0 aromatic heterocycles. The van der Waals surface area contributed by atoms with E-state index in [4.69, 9.17) is 4.74 Å². The van der Waals surface area contributed by atoms with Crippen LogP contribution < -0.4 is 10.1 Å². The van der Waals surface area contributed by atoms with Crippen LogP contribution in [-0.4, -0.2) is 23.9 Å². The van der Waals surface area contributed by atoms with E-state index in [-0.39, 0.29) is 5.91 Å². The van der Waals surface area contributed by atoms with Crippen molar-refractivity contribution in [1.29, 1.82) is 0 Å². The van der Waals surface area contributed by atoms with E-state index in [9.17, 15) is 4.79 Å². The molecule has 0 radical (unpaired) electrons. The van der Waals surface area contributed by atoms with Crippen LogP contribution in [0.25, 0.3) is 0 Å². The minimum absolute atomic E-state index is 0.0183. The highest BCUT2D eigenvalue weighted by molar-refractivity contribution is 9.09. The lowest BCUT2D eigenvalue weighted by molar-refractivity contribution is 0.0953. The smallest absolute Gasteiger partial charge is 0.251 e. The van der Waals surface area contributed by atoms with Gasteiger partial charge in [-0.2, -0.15) is 0 Å². The van der Waals surface area contributed by atoms with Crippen LogP contribution in [0, 0.1) is 5.92 Å². The molecule has 1 aliphatic rings. The Balaban J connectivity index is 1.77. The van der Waals surface area contributed by atoms with Crippen molar-refractivity contribution in [1.82, 2.24) is 5.32 Å². The maximum Gasteiger partial charge on any atom is 0.251 e. The minimum atomic E-state index is -0.0183. The van der Waals surface area contributed by atoms with Crippen LogP contribution in [0.1, 0.15) is 43.0 Å². The lowest BCUT2D eigenvalue weighted by atomic mass is 10.2. The lowest BCUT2D eigenvalue weighted by Crippen LogP contribution is -2.30. The number of amides is 1. The number of halogens is 1. The summed E-state index contributed by atoms with van der Waals surface area (Å²) in [6.07, 6.45) is 4.72. The molecular formula is C16H22BrNO2. The van der Waals surface area contributed by atoms with E-state index >= 15 is 0 Å². The Labute approximate surface area is 129 Å². The van der Waals surface area contributed by atoms with Crippen LogP contribution in [0.3, 0.4) is 0 Å². The van der Waals surface area contributed by atoms with Crippen molar-refractivity contribution in [3.63, 3.8) is 0 Å². The molecule has 0 saturated heterocycles. The molecule has 4 heteroatoms. The molecule has 2 rings (SSSR count). The van der Waals surface area contributed by atoms with Crippen molar-refractivity contribution in [3.05, 3.63) is 29.8 Å².